The molecule has 12 heteroatoms. The van der Waals surface area contributed by atoms with Crippen molar-refractivity contribution in [3.63, 3.8) is 0 Å². The molecule has 0 aliphatic carbocycles. The second-order valence-electron chi connectivity index (χ2n) is 4.07. The molecule has 130 valence electrons. The lowest BCUT2D eigenvalue weighted by molar-refractivity contribution is -0.475. The smallest absolute Gasteiger partial charge is 0.485 e. The van der Waals surface area contributed by atoms with Gasteiger partial charge in [0.15, 0.2) is 16.0 Å². The molecule has 0 fully saturated rings. The molecule has 1 rings (SSSR count). The van der Waals surface area contributed by atoms with Gasteiger partial charge in [0.05, 0.1) is 14.1 Å². The SMILES string of the molecule is C[N+](C)=C(N)O/N=C(\N)c1ccccc1.O=S(=O)([O-])C(F)(F)F. The van der Waals surface area contributed by atoms with Gasteiger partial charge in [-0.2, -0.15) is 13.2 Å². The van der Waals surface area contributed by atoms with Crippen molar-refractivity contribution >= 4 is 22.0 Å². The summed E-state index contributed by atoms with van der Waals surface area (Å²) in [5.74, 6) is 0.292. The van der Waals surface area contributed by atoms with Gasteiger partial charge in [-0.1, -0.05) is 35.5 Å². The average molecular weight is 356 g/mol. The molecular formula is C11H15F3N4O4S. The number of nitrogens with zero attached hydrogens (tertiary/aromatic N) is 2. The minimum absolute atomic E-state index is 0.189. The van der Waals surface area contributed by atoms with E-state index in [9.17, 15) is 13.2 Å². The molecule has 23 heavy (non-hydrogen) atoms. The zero-order chi connectivity index (χ0) is 18.3. The molecule has 8 nitrogen and oxygen atoms in total. The molecule has 0 radical (unpaired) electrons. The van der Waals surface area contributed by atoms with Crippen LogP contribution in [0.2, 0.25) is 0 Å². The fourth-order valence-electron chi connectivity index (χ4n) is 0.839. The molecule has 0 heterocycles. The van der Waals surface area contributed by atoms with E-state index >= 15 is 0 Å². The number of hydrogen-bond acceptors (Lipinski definition) is 5. The van der Waals surface area contributed by atoms with Gasteiger partial charge in [0.25, 0.3) is 0 Å². The Morgan fingerprint density at radius 3 is 2.00 bits per heavy atom. The molecule has 1 aromatic carbocycles. The number of hydrogen-bond donors (Lipinski definition) is 2. The highest BCUT2D eigenvalue weighted by molar-refractivity contribution is 7.86. The van der Waals surface area contributed by atoms with Crippen molar-refractivity contribution in [2.45, 2.75) is 5.51 Å². The number of halogens is 3. The monoisotopic (exact) mass is 356 g/mol. The fourth-order valence-corrected chi connectivity index (χ4v) is 0.839. The van der Waals surface area contributed by atoms with Crippen molar-refractivity contribution < 1.29 is 35.6 Å². The quantitative estimate of drug-likeness (QED) is 0.191. The summed E-state index contributed by atoms with van der Waals surface area (Å²) in [6, 6.07) is 9.52. The summed E-state index contributed by atoms with van der Waals surface area (Å²) in [7, 11) is -2.58. The van der Waals surface area contributed by atoms with Gasteiger partial charge in [0, 0.05) is 5.56 Å². The van der Waals surface area contributed by atoms with Gasteiger partial charge < -0.3 is 10.3 Å². The highest BCUT2D eigenvalue weighted by Gasteiger charge is 2.36. The summed E-state index contributed by atoms with van der Waals surface area (Å²) in [5, 5.41) is 3.71. The van der Waals surface area contributed by atoms with Crippen molar-refractivity contribution in [2.75, 3.05) is 14.1 Å². The molecule has 0 saturated heterocycles. The van der Waals surface area contributed by atoms with Gasteiger partial charge in [0.1, 0.15) is 0 Å². The van der Waals surface area contributed by atoms with Crippen LogP contribution in [0.25, 0.3) is 0 Å². The van der Waals surface area contributed by atoms with Crippen molar-refractivity contribution in [3.8, 4) is 0 Å². The molecule has 0 spiro atoms. The van der Waals surface area contributed by atoms with Crippen molar-refractivity contribution in [1.82, 2.24) is 0 Å². The van der Waals surface area contributed by atoms with Gasteiger partial charge in [-0.05, 0) is 0 Å². The highest BCUT2D eigenvalue weighted by Crippen LogP contribution is 2.20. The summed E-state index contributed by atoms with van der Waals surface area (Å²) in [4.78, 5) is 4.90. The maximum absolute atomic E-state index is 10.7. The van der Waals surface area contributed by atoms with Crippen molar-refractivity contribution in [1.29, 1.82) is 0 Å². The largest absolute Gasteiger partial charge is 0.741 e. The number of oxime groups is 1. The Kier molecular flexibility index (Phi) is 7.49. The van der Waals surface area contributed by atoms with Gasteiger partial charge in [-0.15, -0.1) is 0 Å². The Morgan fingerprint density at radius 2 is 1.65 bits per heavy atom. The van der Waals surface area contributed by atoms with Crippen LogP contribution < -0.4 is 11.5 Å². The van der Waals surface area contributed by atoms with Crippen LogP contribution in [0.1, 0.15) is 5.56 Å². The Morgan fingerprint density at radius 1 is 1.22 bits per heavy atom. The zero-order valence-electron chi connectivity index (χ0n) is 12.1. The number of benzene rings is 1. The molecule has 0 aliphatic heterocycles. The molecular weight excluding hydrogens is 341 g/mol. The van der Waals surface area contributed by atoms with E-state index in [1.165, 1.54) is 0 Å². The molecule has 0 aromatic heterocycles. The molecule has 0 amide bonds. The Hall–Kier alpha value is -2.34. The molecule has 0 aliphatic rings. The van der Waals surface area contributed by atoms with Crippen molar-refractivity contribution in [2.24, 2.45) is 16.6 Å². The van der Waals surface area contributed by atoms with Crippen LogP contribution in [0.3, 0.4) is 0 Å². The molecule has 0 saturated carbocycles. The normalized spacial score (nSPS) is 12.0. The van der Waals surface area contributed by atoms with Crippen LogP contribution in [0, 0.1) is 0 Å². The number of amidine groups is 2. The summed E-state index contributed by atoms with van der Waals surface area (Å²) >= 11 is 0. The van der Waals surface area contributed by atoms with Crippen LogP contribution in [-0.2, 0) is 15.0 Å². The molecule has 0 unspecified atom stereocenters. The van der Waals surface area contributed by atoms with E-state index in [0.717, 1.165) is 5.56 Å². The van der Waals surface area contributed by atoms with E-state index in [2.05, 4.69) is 5.16 Å². The van der Waals surface area contributed by atoms with Crippen LogP contribution in [-0.4, -0.2) is 49.0 Å². The second kappa shape index (κ2) is 8.33. The summed E-state index contributed by atoms with van der Waals surface area (Å²) in [5.41, 5.74) is 6.33. The van der Waals surface area contributed by atoms with Gasteiger partial charge in [-0.3, -0.25) is 10.6 Å². The third-order valence-corrected chi connectivity index (χ3v) is 2.60. The van der Waals surface area contributed by atoms with E-state index in [0.29, 0.717) is 5.84 Å². The molecule has 0 bridgehead atoms. The van der Waals surface area contributed by atoms with Crippen LogP contribution in [0.5, 0.6) is 0 Å². The van der Waals surface area contributed by atoms with Crippen LogP contribution in [0.4, 0.5) is 13.2 Å². The standard InChI is InChI=1S/C10H14N4O.CHF3O3S/c1-14(2)10(12)15-13-9(11)8-6-4-3-5-7-8;2-1(3,4)8(5,6)7/h3-7,12H,1-2H3,(H2,11,13);(H,5,6,7). The minimum atomic E-state index is -6.09. The second-order valence-corrected chi connectivity index (χ2v) is 5.44. The lowest BCUT2D eigenvalue weighted by atomic mass is 10.2. The lowest BCUT2D eigenvalue weighted by Crippen LogP contribution is -2.26. The Labute approximate surface area is 130 Å². The fraction of sp³-hybridized carbons (Fsp3) is 0.273. The maximum Gasteiger partial charge on any atom is 0.485 e. The first-order valence-electron chi connectivity index (χ1n) is 5.74. The predicted molar refractivity (Wildman–Crippen MR) is 75.3 cm³/mol. The molecule has 1 aromatic rings. The molecule has 0 atom stereocenters. The van der Waals surface area contributed by atoms with E-state index in [-0.39, 0.29) is 6.02 Å². The van der Waals surface area contributed by atoms with Crippen molar-refractivity contribution in [3.05, 3.63) is 35.9 Å². The summed E-state index contributed by atoms with van der Waals surface area (Å²) in [6.07, 6.45) is 0. The van der Waals surface area contributed by atoms with Crippen LogP contribution in [0.15, 0.2) is 35.5 Å². The Balaban J connectivity index is 0.000000515. The van der Waals surface area contributed by atoms with E-state index in [1.807, 2.05) is 30.3 Å². The highest BCUT2D eigenvalue weighted by atomic mass is 32.2. The van der Waals surface area contributed by atoms with Gasteiger partial charge in [0.2, 0.25) is 0 Å². The third kappa shape index (κ3) is 8.01. The lowest BCUT2D eigenvalue weighted by Gasteiger charge is -2.08. The molecule has 4 N–H and O–H groups in total. The Bertz CT molecular complexity index is 668. The van der Waals surface area contributed by atoms with Gasteiger partial charge >= 0.3 is 11.5 Å². The topological polar surface area (TPSA) is 134 Å². The summed E-state index contributed by atoms with van der Waals surface area (Å²) < 4.78 is 60.5. The number of nitrogens with two attached hydrogens (primary N) is 2. The number of alkyl halides is 3. The minimum Gasteiger partial charge on any atom is -0.741 e. The van der Waals surface area contributed by atoms with E-state index in [1.54, 1.807) is 18.7 Å². The maximum atomic E-state index is 10.7. The predicted octanol–water partition coefficient (Wildman–Crippen LogP) is -0.0383. The third-order valence-electron chi connectivity index (χ3n) is 2.03. The summed E-state index contributed by atoms with van der Waals surface area (Å²) in [6.45, 7) is 0. The average Bonchev–Trinajstić information content (AvgIpc) is 2.43. The van der Waals surface area contributed by atoms with E-state index in [4.69, 9.17) is 29.3 Å². The van der Waals surface area contributed by atoms with Crippen LogP contribution >= 0.6 is 0 Å². The number of rotatable bonds is 2. The zero-order valence-corrected chi connectivity index (χ0v) is 12.9. The first kappa shape index (κ1) is 20.7. The van der Waals surface area contributed by atoms with E-state index < -0.39 is 15.6 Å². The van der Waals surface area contributed by atoms with Gasteiger partial charge in [-0.25, -0.2) is 13.0 Å². The first-order chi connectivity index (χ1) is 10.4. The first-order valence-corrected chi connectivity index (χ1v) is 7.15.